The molecule has 5 aromatic rings. The van der Waals surface area contributed by atoms with Gasteiger partial charge in [0.1, 0.15) is 5.82 Å². The summed E-state index contributed by atoms with van der Waals surface area (Å²) in [5, 5.41) is 1.15. The van der Waals surface area contributed by atoms with E-state index in [0.29, 0.717) is 11.6 Å². The number of hydrogen-bond donors (Lipinski definition) is 0. The molecule has 2 aromatic heterocycles. The normalized spacial score (nSPS) is 15.3. The van der Waals surface area contributed by atoms with Crippen LogP contribution in [0.1, 0.15) is 23.7 Å². The SMILES string of the molecule is C1=CC(c2nc(-c3ccccc3)nc(-c3ccccc3)n2)CC=C1c1cnc2ccccc2c1. The number of nitrogens with zero attached hydrogens (tertiary/aromatic N) is 4. The van der Waals surface area contributed by atoms with Crippen molar-refractivity contribution in [2.24, 2.45) is 0 Å². The number of aromatic nitrogens is 4. The number of para-hydroxylation sites is 1. The van der Waals surface area contributed by atoms with E-state index in [1.54, 1.807) is 0 Å². The molecule has 0 aliphatic heterocycles. The molecule has 1 atom stereocenters. The molecule has 0 spiro atoms. The molecule has 34 heavy (non-hydrogen) atoms. The molecule has 0 bridgehead atoms. The van der Waals surface area contributed by atoms with Gasteiger partial charge in [-0.1, -0.05) is 97.1 Å². The van der Waals surface area contributed by atoms with E-state index in [1.165, 1.54) is 5.57 Å². The molecule has 4 nitrogen and oxygen atoms in total. The maximum absolute atomic E-state index is 4.88. The van der Waals surface area contributed by atoms with Crippen LogP contribution in [0.2, 0.25) is 0 Å². The van der Waals surface area contributed by atoms with Gasteiger partial charge in [-0.25, -0.2) is 15.0 Å². The van der Waals surface area contributed by atoms with E-state index in [0.717, 1.165) is 39.8 Å². The summed E-state index contributed by atoms with van der Waals surface area (Å²) < 4.78 is 0. The van der Waals surface area contributed by atoms with Gasteiger partial charge in [0.05, 0.1) is 5.52 Å². The Kier molecular flexibility index (Phi) is 5.24. The summed E-state index contributed by atoms with van der Waals surface area (Å²) in [5.74, 6) is 2.28. The minimum Gasteiger partial charge on any atom is -0.256 e. The first-order valence-electron chi connectivity index (χ1n) is 11.4. The second-order valence-electron chi connectivity index (χ2n) is 8.35. The lowest BCUT2D eigenvalue weighted by Gasteiger charge is -2.17. The van der Waals surface area contributed by atoms with Crippen LogP contribution in [0.3, 0.4) is 0 Å². The number of fused-ring (bicyclic) bond motifs is 1. The van der Waals surface area contributed by atoms with Crippen molar-refractivity contribution in [1.29, 1.82) is 0 Å². The van der Waals surface area contributed by atoms with Gasteiger partial charge in [0, 0.05) is 34.2 Å². The summed E-state index contributed by atoms with van der Waals surface area (Å²) in [6, 6.07) is 30.6. The Balaban J connectivity index is 1.34. The quantitative estimate of drug-likeness (QED) is 0.307. The van der Waals surface area contributed by atoms with E-state index in [4.69, 9.17) is 15.0 Å². The Morgan fingerprint density at radius 2 is 1.29 bits per heavy atom. The summed E-state index contributed by atoms with van der Waals surface area (Å²) in [6.45, 7) is 0. The zero-order chi connectivity index (χ0) is 22.7. The summed E-state index contributed by atoms with van der Waals surface area (Å²) in [7, 11) is 0. The van der Waals surface area contributed by atoms with Crippen LogP contribution in [-0.2, 0) is 0 Å². The van der Waals surface area contributed by atoms with Gasteiger partial charge in [0.25, 0.3) is 0 Å². The lowest BCUT2D eigenvalue weighted by atomic mass is 9.92. The van der Waals surface area contributed by atoms with Crippen LogP contribution in [0.25, 0.3) is 39.3 Å². The fourth-order valence-corrected chi connectivity index (χ4v) is 4.25. The summed E-state index contributed by atoms with van der Waals surface area (Å²) in [5.41, 5.74) is 5.29. The zero-order valence-electron chi connectivity index (χ0n) is 18.5. The van der Waals surface area contributed by atoms with Crippen LogP contribution in [0.15, 0.2) is 115 Å². The molecule has 6 rings (SSSR count). The predicted molar refractivity (Wildman–Crippen MR) is 137 cm³/mol. The first kappa shape index (κ1) is 20.2. The van der Waals surface area contributed by atoms with E-state index in [2.05, 4.69) is 35.3 Å². The lowest BCUT2D eigenvalue weighted by molar-refractivity contribution is 0.766. The molecular weight excluding hydrogens is 416 g/mol. The number of hydrogen-bond acceptors (Lipinski definition) is 4. The third kappa shape index (κ3) is 4.02. The van der Waals surface area contributed by atoms with Gasteiger partial charge in [-0.3, -0.25) is 4.98 Å². The van der Waals surface area contributed by atoms with E-state index in [9.17, 15) is 0 Å². The van der Waals surface area contributed by atoms with Crippen LogP contribution < -0.4 is 0 Å². The molecule has 3 aromatic carbocycles. The smallest absolute Gasteiger partial charge is 0.163 e. The predicted octanol–water partition coefficient (Wildman–Crippen LogP) is 6.88. The fourth-order valence-electron chi connectivity index (χ4n) is 4.25. The molecule has 0 N–H and O–H groups in total. The van der Waals surface area contributed by atoms with E-state index in [-0.39, 0.29) is 5.92 Å². The molecule has 162 valence electrons. The van der Waals surface area contributed by atoms with Crippen molar-refractivity contribution in [1.82, 2.24) is 19.9 Å². The number of pyridine rings is 1. The molecule has 0 saturated carbocycles. The molecule has 1 aliphatic rings. The second-order valence-corrected chi connectivity index (χ2v) is 8.35. The van der Waals surface area contributed by atoms with E-state index < -0.39 is 0 Å². The topological polar surface area (TPSA) is 51.6 Å². The fraction of sp³-hybridized carbons (Fsp3) is 0.0667. The Hall–Kier alpha value is -4.44. The van der Waals surface area contributed by atoms with Crippen LogP contribution in [-0.4, -0.2) is 19.9 Å². The highest BCUT2D eigenvalue weighted by Crippen LogP contribution is 2.31. The van der Waals surface area contributed by atoms with Gasteiger partial charge >= 0.3 is 0 Å². The summed E-state index contributed by atoms with van der Waals surface area (Å²) in [4.78, 5) is 19.2. The lowest BCUT2D eigenvalue weighted by Crippen LogP contribution is -2.08. The molecule has 1 aliphatic carbocycles. The van der Waals surface area contributed by atoms with Crippen LogP contribution in [0.5, 0.6) is 0 Å². The van der Waals surface area contributed by atoms with Crippen molar-refractivity contribution in [2.75, 3.05) is 0 Å². The molecule has 4 heteroatoms. The van der Waals surface area contributed by atoms with Crippen molar-refractivity contribution in [2.45, 2.75) is 12.3 Å². The molecule has 2 heterocycles. The third-order valence-electron chi connectivity index (χ3n) is 6.07. The van der Waals surface area contributed by atoms with E-state index in [1.807, 2.05) is 85.1 Å². The van der Waals surface area contributed by atoms with Gasteiger partial charge in [-0.05, 0) is 24.1 Å². The Bertz CT molecular complexity index is 1460. The molecule has 0 fully saturated rings. The molecule has 0 saturated heterocycles. The van der Waals surface area contributed by atoms with Crippen LogP contribution >= 0.6 is 0 Å². The minimum absolute atomic E-state index is 0.0880. The molecule has 0 amide bonds. The summed E-state index contributed by atoms with van der Waals surface area (Å²) in [6.07, 6.45) is 9.38. The molecular formula is C30H22N4. The third-order valence-corrected chi connectivity index (χ3v) is 6.07. The highest BCUT2D eigenvalue weighted by atomic mass is 15.0. The molecule has 1 unspecified atom stereocenters. The standard InChI is InChI=1S/C30H22N4/c1-3-9-22(10-4-1)28-32-29(23-11-5-2-6-12-23)34-30(33-28)24-17-15-21(16-18-24)26-19-25-13-7-8-14-27(25)31-20-26/h1-17,19-20,24H,18H2. The first-order chi connectivity index (χ1) is 16.8. The Morgan fingerprint density at radius 1 is 0.647 bits per heavy atom. The van der Waals surface area contributed by atoms with Gasteiger partial charge in [-0.15, -0.1) is 0 Å². The summed E-state index contributed by atoms with van der Waals surface area (Å²) >= 11 is 0. The van der Waals surface area contributed by atoms with Crippen molar-refractivity contribution in [3.63, 3.8) is 0 Å². The van der Waals surface area contributed by atoms with Gasteiger partial charge in [-0.2, -0.15) is 0 Å². The van der Waals surface area contributed by atoms with Crippen molar-refractivity contribution < 1.29 is 0 Å². The minimum atomic E-state index is 0.0880. The van der Waals surface area contributed by atoms with Crippen molar-refractivity contribution in [3.8, 4) is 22.8 Å². The van der Waals surface area contributed by atoms with E-state index >= 15 is 0 Å². The van der Waals surface area contributed by atoms with Gasteiger partial charge in [0.2, 0.25) is 0 Å². The number of rotatable bonds is 4. The average Bonchev–Trinajstić information content (AvgIpc) is 2.93. The average molecular weight is 439 g/mol. The van der Waals surface area contributed by atoms with Crippen LogP contribution in [0.4, 0.5) is 0 Å². The molecule has 0 radical (unpaired) electrons. The van der Waals surface area contributed by atoms with Crippen molar-refractivity contribution in [3.05, 3.63) is 127 Å². The van der Waals surface area contributed by atoms with Crippen molar-refractivity contribution >= 4 is 16.5 Å². The number of allylic oxidation sites excluding steroid dienone is 4. The second kappa shape index (κ2) is 8.83. The maximum atomic E-state index is 4.88. The monoisotopic (exact) mass is 438 g/mol. The number of benzene rings is 3. The highest BCUT2D eigenvalue weighted by molar-refractivity contribution is 5.85. The first-order valence-corrected chi connectivity index (χ1v) is 11.4. The maximum Gasteiger partial charge on any atom is 0.163 e. The zero-order valence-corrected chi connectivity index (χ0v) is 18.5. The van der Waals surface area contributed by atoms with Gasteiger partial charge < -0.3 is 0 Å². The largest absolute Gasteiger partial charge is 0.256 e. The highest BCUT2D eigenvalue weighted by Gasteiger charge is 2.19. The Morgan fingerprint density at radius 3 is 1.94 bits per heavy atom. The Labute approximate surface area is 198 Å². The van der Waals surface area contributed by atoms with Crippen LogP contribution in [0, 0.1) is 0 Å². The van der Waals surface area contributed by atoms with Gasteiger partial charge in [0.15, 0.2) is 11.6 Å².